The molecule has 0 spiro atoms. The quantitative estimate of drug-likeness (QED) is 0.647. The highest BCUT2D eigenvalue weighted by molar-refractivity contribution is 7.99. The second kappa shape index (κ2) is 3.27. The van der Waals surface area contributed by atoms with E-state index in [1.54, 1.807) is 0 Å². The van der Waals surface area contributed by atoms with Gasteiger partial charge in [0, 0.05) is 5.75 Å². The van der Waals surface area contributed by atoms with E-state index in [-0.39, 0.29) is 5.54 Å². The highest BCUT2D eigenvalue weighted by Crippen LogP contribution is 2.26. The van der Waals surface area contributed by atoms with Crippen LogP contribution in [0.1, 0.15) is 13.3 Å². The monoisotopic (exact) mass is 156 g/mol. The van der Waals surface area contributed by atoms with Crippen molar-refractivity contribution in [3.05, 3.63) is 0 Å². The van der Waals surface area contributed by atoms with Gasteiger partial charge < -0.3 is 0 Å². The molecule has 2 nitrogen and oxygen atoms in total. The first-order chi connectivity index (χ1) is 4.83. The summed E-state index contributed by atoms with van der Waals surface area (Å²) in [4.78, 5) is 0. The average Bonchev–Trinajstić information content (AvgIpc) is 2.39. The van der Waals surface area contributed by atoms with Gasteiger partial charge in [0.1, 0.15) is 5.54 Å². The summed E-state index contributed by atoms with van der Waals surface area (Å²) in [6.45, 7) is 2.94. The maximum absolute atomic E-state index is 8.82. The molecule has 0 aliphatic carbocycles. The SMILES string of the molecule is CCNC1(C#N)CCSC1. The number of hydrogen-bond donors (Lipinski definition) is 1. The van der Waals surface area contributed by atoms with Crippen LogP contribution in [0.3, 0.4) is 0 Å². The summed E-state index contributed by atoms with van der Waals surface area (Å²) in [5.41, 5.74) is -0.195. The standard InChI is InChI=1S/C7H12N2S/c1-2-9-7(5-8)3-4-10-6-7/h9H,2-4,6H2,1H3. The van der Waals surface area contributed by atoms with Crippen LogP contribution >= 0.6 is 11.8 Å². The van der Waals surface area contributed by atoms with Crippen molar-refractivity contribution in [2.45, 2.75) is 18.9 Å². The van der Waals surface area contributed by atoms with Crippen LogP contribution in [0.25, 0.3) is 0 Å². The number of hydrogen-bond acceptors (Lipinski definition) is 3. The van der Waals surface area contributed by atoms with E-state index in [1.165, 1.54) is 0 Å². The van der Waals surface area contributed by atoms with Crippen molar-refractivity contribution >= 4 is 11.8 Å². The van der Waals surface area contributed by atoms with Gasteiger partial charge in [-0.05, 0) is 18.7 Å². The molecule has 0 saturated carbocycles. The third-order valence-electron chi connectivity index (χ3n) is 1.75. The smallest absolute Gasteiger partial charge is 0.116 e. The van der Waals surface area contributed by atoms with E-state index in [0.717, 1.165) is 24.5 Å². The molecule has 56 valence electrons. The molecule has 1 heterocycles. The van der Waals surface area contributed by atoms with Crippen LogP contribution in [0.15, 0.2) is 0 Å². The maximum Gasteiger partial charge on any atom is 0.116 e. The van der Waals surface area contributed by atoms with Crippen molar-refractivity contribution < 1.29 is 0 Å². The largest absolute Gasteiger partial charge is 0.299 e. The minimum Gasteiger partial charge on any atom is -0.299 e. The summed E-state index contributed by atoms with van der Waals surface area (Å²) in [5.74, 6) is 2.08. The molecular formula is C7H12N2S. The maximum atomic E-state index is 8.82. The van der Waals surface area contributed by atoms with Crippen LogP contribution in [0.4, 0.5) is 0 Å². The van der Waals surface area contributed by atoms with E-state index in [9.17, 15) is 0 Å². The predicted octanol–water partition coefficient (Wildman–Crippen LogP) is 0.995. The van der Waals surface area contributed by atoms with Gasteiger partial charge in [0.05, 0.1) is 6.07 Å². The van der Waals surface area contributed by atoms with Crippen LogP contribution in [-0.4, -0.2) is 23.6 Å². The van der Waals surface area contributed by atoms with Crippen LogP contribution in [-0.2, 0) is 0 Å². The number of nitrogens with one attached hydrogen (secondary N) is 1. The van der Waals surface area contributed by atoms with Gasteiger partial charge in [0.2, 0.25) is 0 Å². The van der Waals surface area contributed by atoms with Gasteiger partial charge in [-0.2, -0.15) is 17.0 Å². The minimum atomic E-state index is -0.195. The van der Waals surface area contributed by atoms with Crippen LogP contribution in [0, 0.1) is 11.3 Å². The normalized spacial score (nSPS) is 32.0. The lowest BCUT2D eigenvalue weighted by atomic mass is 10.0. The van der Waals surface area contributed by atoms with Gasteiger partial charge in [-0.25, -0.2) is 0 Å². The number of rotatable bonds is 2. The predicted molar refractivity (Wildman–Crippen MR) is 44.0 cm³/mol. The molecule has 0 aromatic carbocycles. The van der Waals surface area contributed by atoms with Crippen molar-refractivity contribution in [2.75, 3.05) is 18.1 Å². The number of nitrogens with zero attached hydrogens (tertiary/aromatic N) is 1. The second-order valence-corrected chi connectivity index (χ2v) is 3.63. The summed E-state index contributed by atoms with van der Waals surface area (Å²) >= 11 is 1.86. The first-order valence-electron chi connectivity index (χ1n) is 3.57. The van der Waals surface area contributed by atoms with Gasteiger partial charge in [0.25, 0.3) is 0 Å². The molecule has 0 aromatic rings. The highest BCUT2D eigenvalue weighted by Gasteiger charge is 2.32. The van der Waals surface area contributed by atoms with E-state index in [2.05, 4.69) is 11.4 Å². The molecule has 1 N–H and O–H groups in total. The van der Waals surface area contributed by atoms with Gasteiger partial charge in [0.15, 0.2) is 0 Å². The number of thioether (sulfide) groups is 1. The van der Waals surface area contributed by atoms with Gasteiger partial charge >= 0.3 is 0 Å². The van der Waals surface area contributed by atoms with E-state index < -0.39 is 0 Å². The Balaban J connectivity index is 2.51. The van der Waals surface area contributed by atoms with E-state index >= 15 is 0 Å². The van der Waals surface area contributed by atoms with Gasteiger partial charge in [-0.3, -0.25) is 5.32 Å². The molecule has 0 bridgehead atoms. The third kappa shape index (κ3) is 1.44. The molecule has 1 unspecified atom stereocenters. The molecule has 1 rings (SSSR count). The molecule has 1 fully saturated rings. The summed E-state index contributed by atoms with van der Waals surface area (Å²) < 4.78 is 0. The molecule has 0 aromatic heterocycles. The Hall–Kier alpha value is -0.200. The van der Waals surface area contributed by atoms with Crippen molar-refractivity contribution in [1.29, 1.82) is 5.26 Å². The fraction of sp³-hybridized carbons (Fsp3) is 0.857. The zero-order valence-electron chi connectivity index (χ0n) is 6.18. The van der Waals surface area contributed by atoms with E-state index in [4.69, 9.17) is 5.26 Å². The Bertz CT molecular complexity index is 144. The second-order valence-electron chi connectivity index (χ2n) is 2.53. The molecule has 1 aliphatic heterocycles. The molecule has 0 amide bonds. The van der Waals surface area contributed by atoms with Crippen molar-refractivity contribution in [2.24, 2.45) is 0 Å². The summed E-state index contributed by atoms with van der Waals surface area (Å²) in [7, 11) is 0. The molecular weight excluding hydrogens is 144 g/mol. The Morgan fingerprint density at radius 1 is 1.80 bits per heavy atom. The summed E-state index contributed by atoms with van der Waals surface area (Å²) in [6.07, 6.45) is 1.00. The molecule has 1 atom stereocenters. The minimum absolute atomic E-state index is 0.195. The van der Waals surface area contributed by atoms with Crippen molar-refractivity contribution in [3.8, 4) is 6.07 Å². The lowest BCUT2D eigenvalue weighted by Crippen LogP contribution is -2.43. The fourth-order valence-electron chi connectivity index (χ4n) is 1.17. The van der Waals surface area contributed by atoms with Crippen LogP contribution < -0.4 is 5.32 Å². The van der Waals surface area contributed by atoms with Crippen LogP contribution in [0.5, 0.6) is 0 Å². The topological polar surface area (TPSA) is 35.8 Å². The van der Waals surface area contributed by atoms with Crippen molar-refractivity contribution in [3.63, 3.8) is 0 Å². The fourth-order valence-corrected chi connectivity index (χ4v) is 2.47. The summed E-state index contributed by atoms with van der Waals surface area (Å²) in [5, 5.41) is 12.0. The zero-order chi connectivity index (χ0) is 7.45. The Labute approximate surface area is 66.0 Å². The van der Waals surface area contributed by atoms with Gasteiger partial charge in [-0.1, -0.05) is 6.92 Å². The Kier molecular flexibility index (Phi) is 2.58. The van der Waals surface area contributed by atoms with Crippen molar-refractivity contribution in [1.82, 2.24) is 5.32 Å². The number of nitriles is 1. The van der Waals surface area contributed by atoms with E-state index in [0.29, 0.717) is 0 Å². The summed E-state index contributed by atoms with van der Waals surface area (Å²) in [6, 6.07) is 2.35. The van der Waals surface area contributed by atoms with Gasteiger partial charge in [-0.15, -0.1) is 0 Å². The first kappa shape index (κ1) is 7.90. The average molecular weight is 156 g/mol. The highest BCUT2D eigenvalue weighted by atomic mass is 32.2. The molecule has 3 heteroatoms. The zero-order valence-corrected chi connectivity index (χ0v) is 7.00. The molecule has 1 aliphatic rings. The molecule has 1 saturated heterocycles. The van der Waals surface area contributed by atoms with E-state index in [1.807, 2.05) is 18.7 Å². The third-order valence-corrected chi connectivity index (χ3v) is 2.94. The Morgan fingerprint density at radius 3 is 3.00 bits per heavy atom. The lowest BCUT2D eigenvalue weighted by molar-refractivity contribution is 0.472. The van der Waals surface area contributed by atoms with Crippen LogP contribution in [0.2, 0.25) is 0 Å². The molecule has 10 heavy (non-hydrogen) atoms. The first-order valence-corrected chi connectivity index (χ1v) is 4.72. The molecule has 0 radical (unpaired) electrons. The Morgan fingerprint density at radius 2 is 2.60 bits per heavy atom. The lowest BCUT2D eigenvalue weighted by Gasteiger charge is -2.19.